The fourth-order valence-electron chi connectivity index (χ4n) is 5.45. The molecule has 1 aliphatic carbocycles. The van der Waals surface area contributed by atoms with Gasteiger partial charge in [-0.25, -0.2) is 14.7 Å². The van der Waals surface area contributed by atoms with Crippen LogP contribution in [0.1, 0.15) is 51.2 Å². The quantitative estimate of drug-likeness (QED) is 0.305. The summed E-state index contributed by atoms with van der Waals surface area (Å²) in [4.78, 5) is 25.4. The molecule has 1 N–H and O–H groups in total. The number of anilines is 4. The Hall–Kier alpha value is -3.84. The third kappa shape index (κ3) is 5.63. The van der Waals surface area contributed by atoms with Crippen molar-refractivity contribution in [1.82, 2.24) is 9.97 Å². The number of rotatable bonds is 7. The van der Waals surface area contributed by atoms with Crippen molar-refractivity contribution in [1.29, 1.82) is 0 Å². The second-order valence-corrected chi connectivity index (χ2v) is 12.1. The number of methoxy groups -OCH3 is 1. The molecule has 1 saturated heterocycles. The summed E-state index contributed by atoms with van der Waals surface area (Å²) < 4.78 is 56.4. The lowest BCUT2D eigenvalue weighted by Gasteiger charge is -2.36. The molecule has 9 nitrogen and oxygen atoms in total. The number of nitrogens with zero attached hydrogens (tertiary/aromatic N) is 4. The number of fused-ring (bicyclic) bond motifs is 1. The van der Waals surface area contributed by atoms with Crippen LogP contribution >= 0.6 is 0 Å². The summed E-state index contributed by atoms with van der Waals surface area (Å²) in [6.45, 7) is 7.00. The number of benzene rings is 2. The van der Waals surface area contributed by atoms with Crippen molar-refractivity contribution >= 4 is 36.3 Å². The Morgan fingerprint density at radius 3 is 2.26 bits per heavy atom. The molecule has 1 aromatic heterocycles. The monoisotopic (exact) mass is 595 g/mol. The first-order chi connectivity index (χ1) is 20.3. The van der Waals surface area contributed by atoms with Crippen LogP contribution in [0.5, 0.6) is 5.75 Å². The Labute approximate surface area is 248 Å². The molecule has 1 saturated carbocycles. The number of alkyl halides is 3. The third-order valence-corrected chi connectivity index (χ3v) is 8.68. The molecule has 3 aliphatic rings. The average molecular weight is 595 g/mol. The van der Waals surface area contributed by atoms with Gasteiger partial charge in [-0.3, -0.25) is 4.90 Å². The van der Waals surface area contributed by atoms with Crippen molar-refractivity contribution < 1.29 is 32.0 Å². The second kappa shape index (κ2) is 10.4. The van der Waals surface area contributed by atoms with Crippen molar-refractivity contribution in [3.63, 3.8) is 0 Å². The summed E-state index contributed by atoms with van der Waals surface area (Å²) in [5.41, 5.74) is 2.03. The highest BCUT2D eigenvalue weighted by Crippen LogP contribution is 2.58. The Kier molecular flexibility index (Phi) is 7.08. The lowest BCUT2D eigenvalue weighted by Crippen LogP contribution is -2.45. The van der Waals surface area contributed by atoms with Crippen molar-refractivity contribution in [3.05, 3.63) is 65.9 Å². The number of nitrogens with one attached hydrogen (secondary N) is 1. The number of halogens is 3. The Morgan fingerprint density at radius 1 is 1.02 bits per heavy atom. The molecule has 2 aliphatic heterocycles. The van der Waals surface area contributed by atoms with E-state index in [1.165, 1.54) is 11.1 Å². The van der Waals surface area contributed by atoms with Gasteiger partial charge in [0.1, 0.15) is 12.3 Å². The number of ether oxygens (including phenoxy) is 1. The number of amides is 2. The van der Waals surface area contributed by atoms with E-state index in [4.69, 9.17) is 14.0 Å². The fourth-order valence-corrected chi connectivity index (χ4v) is 5.45. The first-order valence-electron chi connectivity index (χ1n) is 14.1. The van der Waals surface area contributed by atoms with Crippen LogP contribution in [0.4, 0.5) is 41.1 Å². The molecule has 3 heterocycles. The number of hydrogen-bond acceptors (Lipinski definition) is 7. The van der Waals surface area contributed by atoms with E-state index in [2.05, 4.69) is 15.3 Å². The van der Waals surface area contributed by atoms with E-state index >= 15 is 0 Å². The van der Waals surface area contributed by atoms with E-state index in [0.29, 0.717) is 22.7 Å². The lowest BCUT2D eigenvalue weighted by atomic mass is 9.79. The number of carbonyl (C=O) groups is 1. The Morgan fingerprint density at radius 2 is 1.65 bits per heavy atom. The van der Waals surface area contributed by atoms with Crippen LogP contribution in [0, 0.1) is 0 Å². The first kappa shape index (κ1) is 29.2. The van der Waals surface area contributed by atoms with E-state index < -0.39 is 30.0 Å². The van der Waals surface area contributed by atoms with E-state index in [1.807, 2.05) is 52.0 Å². The van der Waals surface area contributed by atoms with Crippen LogP contribution < -0.4 is 19.9 Å². The van der Waals surface area contributed by atoms with Crippen molar-refractivity contribution in [3.8, 4) is 5.75 Å². The van der Waals surface area contributed by atoms with Crippen LogP contribution in [0.25, 0.3) is 0 Å². The van der Waals surface area contributed by atoms with E-state index in [0.717, 1.165) is 12.0 Å². The maximum absolute atomic E-state index is 14.0. The molecular formula is C30H33BF3N5O4. The highest BCUT2D eigenvalue weighted by Gasteiger charge is 2.59. The normalized spacial score (nSPS) is 22.4. The van der Waals surface area contributed by atoms with Gasteiger partial charge in [0.15, 0.2) is 5.82 Å². The van der Waals surface area contributed by atoms with Gasteiger partial charge in [-0.15, -0.1) is 0 Å². The molecule has 226 valence electrons. The minimum absolute atomic E-state index is 0.145. The van der Waals surface area contributed by atoms with Gasteiger partial charge in [-0.2, -0.15) is 18.2 Å². The summed E-state index contributed by atoms with van der Waals surface area (Å²) in [6, 6.07) is 14.3. The number of urea groups is 1. The molecule has 0 bridgehead atoms. The zero-order chi connectivity index (χ0) is 30.7. The molecule has 2 unspecified atom stereocenters. The van der Waals surface area contributed by atoms with E-state index in [9.17, 15) is 18.0 Å². The molecule has 3 aromatic rings. The largest absolute Gasteiger partial charge is 0.497 e. The second-order valence-electron chi connectivity index (χ2n) is 12.1. The smallest absolute Gasteiger partial charge is 0.461 e. The molecule has 6 rings (SSSR count). The molecular weight excluding hydrogens is 562 g/mol. The summed E-state index contributed by atoms with van der Waals surface area (Å²) in [7, 11) is 1.27. The van der Waals surface area contributed by atoms with Gasteiger partial charge in [0.2, 0.25) is 5.95 Å². The molecule has 0 spiro atoms. The van der Waals surface area contributed by atoms with Gasteiger partial charge in [-0.05, 0) is 82.0 Å². The molecule has 2 fully saturated rings. The topological polar surface area (TPSA) is 89.1 Å². The van der Waals surface area contributed by atoms with Gasteiger partial charge in [0.05, 0.1) is 30.5 Å². The average Bonchev–Trinajstić information content (AvgIpc) is 3.72. The fraction of sp³-hybridized carbons (Fsp3) is 0.433. The molecule has 2 aromatic carbocycles. The molecule has 2 atom stereocenters. The minimum Gasteiger partial charge on any atom is -0.497 e. The summed E-state index contributed by atoms with van der Waals surface area (Å²) in [5.74, 6) is 1.13. The predicted octanol–water partition coefficient (Wildman–Crippen LogP) is 6.69. The third-order valence-electron chi connectivity index (χ3n) is 8.68. The van der Waals surface area contributed by atoms with Gasteiger partial charge in [0.25, 0.3) is 0 Å². The molecule has 2 amide bonds. The highest BCUT2D eigenvalue weighted by molar-refractivity contribution is 6.49. The zero-order valence-corrected chi connectivity index (χ0v) is 24.6. The number of carbonyl (C=O) groups excluding carboxylic acids is 1. The van der Waals surface area contributed by atoms with Crippen LogP contribution in [-0.2, 0) is 15.9 Å². The standard InChI is InChI=1S/C30H33BF3N5O4/c1-28(2)29(3,4)43-31(42-28)24-14-23(24)18-6-8-21(9-7-18)39-25-19(15-35-26(37-25)36-17-30(32,33)34)16-38(27(39)40)20-10-12-22(41-5)13-11-20/h6-13,15,23-24H,14,16-17H2,1-5H3,(H,35,36,37). The summed E-state index contributed by atoms with van der Waals surface area (Å²) >= 11 is 0. The van der Waals surface area contributed by atoms with Crippen LogP contribution in [0.2, 0.25) is 5.82 Å². The van der Waals surface area contributed by atoms with Crippen LogP contribution in [0.15, 0.2) is 54.7 Å². The summed E-state index contributed by atoms with van der Waals surface area (Å²) in [5, 5.41) is 2.22. The van der Waals surface area contributed by atoms with Gasteiger partial charge >= 0.3 is 19.3 Å². The number of aromatic nitrogens is 2. The highest BCUT2D eigenvalue weighted by atomic mass is 19.4. The minimum atomic E-state index is -4.45. The van der Waals surface area contributed by atoms with Crippen LogP contribution in [0.3, 0.4) is 0 Å². The maximum atomic E-state index is 14.0. The first-order valence-corrected chi connectivity index (χ1v) is 14.1. The van der Waals surface area contributed by atoms with Crippen molar-refractivity contribution in [2.45, 2.75) is 69.8 Å². The Bertz CT molecular complexity index is 1500. The van der Waals surface area contributed by atoms with Gasteiger partial charge < -0.3 is 19.4 Å². The molecule has 13 heteroatoms. The maximum Gasteiger partial charge on any atom is 0.461 e. The predicted molar refractivity (Wildman–Crippen MR) is 157 cm³/mol. The number of hydrogen-bond donors (Lipinski definition) is 1. The van der Waals surface area contributed by atoms with E-state index in [-0.39, 0.29) is 37.2 Å². The summed E-state index contributed by atoms with van der Waals surface area (Å²) in [6.07, 6.45) is -2.07. The van der Waals surface area contributed by atoms with E-state index in [1.54, 1.807) is 36.3 Å². The SMILES string of the molecule is COc1ccc(N2Cc3cnc(NCC(F)(F)F)nc3N(c3ccc(C4CC4B4OC(C)(C)C(C)(C)O4)cc3)C2=O)cc1. The van der Waals surface area contributed by atoms with Crippen LogP contribution in [-0.4, -0.2) is 54.2 Å². The van der Waals surface area contributed by atoms with Crippen molar-refractivity contribution in [2.24, 2.45) is 0 Å². The van der Waals surface area contributed by atoms with Gasteiger partial charge in [-0.1, -0.05) is 12.1 Å². The Balaban J connectivity index is 1.28. The molecule has 43 heavy (non-hydrogen) atoms. The lowest BCUT2D eigenvalue weighted by molar-refractivity contribution is -0.115. The molecule has 0 radical (unpaired) electrons. The van der Waals surface area contributed by atoms with Crippen molar-refractivity contribution in [2.75, 3.05) is 28.8 Å². The van der Waals surface area contributed by atoms with Gasteiger partial charge in [0, 0.05) is 23.3 Å². The zero-order valence-electron chi connectivity index (χ0n) is 24.6.